The van der Waals surface area contributed by atoms with Gasteiger partial charge in [-0.2, -0.15) is 0 Å². The Labute approximate surface area is 112 Å². The van der Waals surface area contributed by atoms with Crippen molar-refractivity contribution in [3.05, 3.63) is 46.0 Å². The van der Waals surface area contributed by atoms with E-state index in [4.69, 9.17) is 0 Å². The van der Waals surface area contributed by atoms with Crippen molar-refractivity contribution in [3.63, 3.8) is 0 Å². The van der Waals surface area contributed by atoms with E-state index in [0.717, 1.165) is 18.4 Å². The molecule has 3 fully saturated rings. The van der Waals surface area contributed by atoms with Gasteiger partial charge in [0.1, 0.15) is 5.78 Å². The van der Waals surface area contributed by atoms with Crippen molar-refractivity contribution in [1.29, 1.82) is 0 Å². The number of Topliss-reactive ketones (excluding diaryl/α,β-unsaturated/α-hetero) is 1. The molecule has 100 valence electrons. The topological polar surface area (TPSA) is 60.2 Å². The summed E-state index contributed by atoms with van der Waals surface area (Å²) in [6.07, 6.45) is 1.95. The predicted molar refractivity (Wildman–Crippen MR) is 70.4 cm³/mol. The van der Waals surface area contributed by atoms with Crippen LogP contribution in [-0.4, -0.2) is 16.7 Å². The Hall–Kier alpha value is -1.71. The maximum Gasteiger partial charge on any atom is 0.226 e. The van der Waals surface area contributed by atoms with Crippen molar-refractivity contribution in [2.75, 3.05) is 0 Å². The molecule has 0 aliphatic heterocycles. The fourth-order valence-electron chi connectivity index (χ4n) is 4.03. The van der Waals surface area contributed by atoms with Gasteiger partial charge in [-0.3, -0.25) is 14.9 Å². The van der Waals surface area contributed by atoms with Crippen LogP contribution in [0.25, 0.3) is 0 Å². The lowest BCUT2D eigenvalue weighted by atomic mass is 9.52. The Kier molecular flexibility index (Phi) is 2.69. The van der Waals surface area contributed by atoms with Crippen molar-refractivity contribution in [1.82, 2.24) is 0 Å². The van der Waals surface area contributed by atoms with E-state index >= 15 is 0 Å². The average molecular weight is 259 g/mol. The fraction of sp³-hybridized carbons (Fsp3) is 0.533. The largest absolute Gasteiger partial charge is 0.299 e. The molecular formula is C15H17NO3. The van der Waals surface area contributed by atoms with Gasteiger partial charge in [0, 0.05) is 22.7 Å². The third kappa shape index (κ3) is 1.78. The third-order valence-corrected chi connectivity index (χ3v) is 4.92. The minimum Gasteiger partial charge on any atom is -0.299 e. The van der Waals surface area contributed by atoms with Gasteiger partial charge in [-0.1, -0.05) is 37.3 Å². The second kappa shape index (κ2) is 4.15. The van der Waals surface area contributed by atoms with Crippen LogP contribution in [0.15, 0.2) is 30.3 Å². The van der Waals surface area contributed by atoms with Crippen LogP contribution in [0.2, 0.25) is 0 Å². The lowest BCUT2D eigenvalue weighted by molar-refractivity contribution is -0.553. The summed E-state index contributed by atoms with van der Waals surface area (Å²) in [7, 11) is 0. The molecule has 0 saturated heterocycles. The Morgan fingerprint density at radius 1 is 1.32 bits per heavy atom. The molecule has 0 aromatic heterocycles. The van der Waals surface area contributed by atoms with Gasteiger partial charge in [0.05, 0.1) is 5.92 Å². The molecule has 3 aliphatic carbocycles. The van der Waals surface area contributed by atoms with Crippen LogP contribution in [0.1, 0.15) is 37.7 Å². The Morgan fingerprint density at radius 3 is 2.58 bits per heavy atom. The molecule has 0 unspecified atom stereocenters. The first kappa shape index (κ1) is 12.3. The quantitative estimate of drug-likeness (QED) is 0.606. The van der Waals surface area contributed by atoms with E-state index in [9.17, 15) is 14.9 Å². The van der Waals surface area contributed by atoms with Gasteiger partial charge in [-0.15, -0.1) is 0 Å². The van der Waals surface area contributed by atoms with E-state index in [2.05, 4.69) is 0 Å². The van der Waals surface area contributed by atoms with Gasteiger partial charge in [0.25, 0.3) is 0 Å². The van der Waals surface area contributed by atoms with Gasteiger partial charge in [-0.05, 0) is 18.4 Å². The second-order valence-electron chi connectivity index (χ2n) is 6.11. The van der Waals surface area contributed by atoms with Crippen LogP contribution >= 0.6 is 0 Å². The zero-order valence-electron chi connectivity index (χ0n) is 10.9. The standard InChI is InChI=1S/C15H17NO3/c1-15-8-7-11(12(17)9-15)13(14(15)16(18)19)10-5-3-2-4-6-10/h2-6,11,13-14H,7-9H2,1H3/t11-,13+,14-,15+/m1/s1. The molecule has 19 heavy (non-hydrogen) atoms. The highest BCUT2D eigenvalue weighted by Gasteiger charge is 2.61. The minimum atomic E-state index is -0.633. The molecule has 4 heteroatoms. The van der Waals surface area contributed by atoms with E-state index in [-0.39, 0.29) is 22.5 Å². The Bertz CT molecular complexity index is 527. The van der Waals surface area contributed by atoms with Gasteiger partial charge in [0.15, 0.2) is 0 Å². The second-order valence-corrected chi connectivity index (χ2v) is 6.11. The van der Waals surface area contributed by atoms with Crippen molar-refractivity contribution >= 4 is 5.78 Å². The number of fused-ring (bicyclic) bond motifs is 3. The van der Waals surface area contributed by atoms with Crippen LogP contribution in [0, 0.1) is 21.4 Å². The molecule has 4 rings (SSSR count). The van der Waals surface area contributed by atoms with Crippen LogP contribution in [0.3, 0.4) is 0 Å². The maximum absolute atomic E-state index is 12.2. The number of carbonyl (C=O) groups is 1. The summed E-state index contributed by atoms with van der Waals surface area (Å²) in [5.41, 5.74) is 0.462. The van der Waals surface area contributed by atoms with Crippen molar-refractivity contribution < 1.29 is 9.72 Å². The molecule has 0 amide bonds. The number of hydrogen-bond acceptors (Lipinski definition) is 3. The normalized spacial score (nSPS) is 37.3. The highest BCUT2D eigenvalue weighted by molar-refractivity contribution is 5.85. The van der Waals surface area contributed by atoms with Gasteiger partial charge in [0.2, 0.25) is 6.04 Å². The number of nitro groups is 1. The number of rotatable bonds is 2. The highest BCUT2D eigenvalue weighted by Crippen LogP contribution is 2.55. The number of carbonyl (C=O) groups excluding carboxylic acids is 1. The summed E-state index contributed by atoms with van der Waals surface area (Å²) in [6.45, 7) is 1.91. The van der Waals surface area contributed by atoms with Crippen LogP contribution in [0.4, 0.5) is 0 Å². The summed E-state index contributed by atoms with van der Waals surface area (Å²) in [6, 6.07) is 8.88. The summed E-state index contributed by atoms with van der Waals surface area (Å²) in [5.74, 6) is -0.212. The fourth-order valence-corrected chi connectivity index (χ4v) is 4.03. The molecular weight excluding hydrogens is 242 g/mol. The van der Waals surface area contributed by atoms with E-state index < -0.39 is 11.5 Å². The summed E-state index contributed by atoms with van der Waals surface area (Å²) < 4.78 is 0. The lowest BCUT2D eigenvalue weighted by Gasteiger charge is -2.49. The molecule has 3 aliphatic rings. The van der Waals surface area contributed by atoms with E-state index in [1.54, 1.807) is 0 Å². The van der Waals surface area contributed by atoms with Crippen LogP contribution in [0.5, 0.6) is 0 Å². The zero-order valence-corrected chi connectivity index (χ0v) is 10.9. The number of ketones is 1. The van der Waals surface area contributed by atoms with Crippen molar-refractivity contribution in [2.24, 2.45) is 11.3 Å². The summed E-state index contributed by atoms with van der Waals surface area (Å²) >= 11 is 0. The van der Waals surface area contributed by atoms with Crippen molar-refractivity contribution in [3.8, 4) is 0 Å². The molecule has 4 nitrogen and oxygen atoms in total. The van der Waals surface area contributed by atoms with E-state index in [1.807, 2.05) is 37.3 Å². The monoisotopic (exact) mass is 259 g/mol. The third-order valence-electron chi connectivity index (χ3n) is 4.92. The smallest absolute Gasteiger partial charge is 0.226 e. The van der Waals surface area contributed by atoms with E-state index in [1.165, 1.54) is 0 Å². The molecule has 4 atom stereocenters. The minimum absolute atomic E-state index is 0.156. The summed E-state index contributed by atoms with van der Waals surface area (Å²) in [4.78, 5) is 23.6. The molecule has 2 bridgehead atoms. The molecule has 0 heterocycles. The first-order valence-corrected chi connectivity index (χ1v) is 6.74. The molecule has 0 N–H and O–H groups in total. The molecule has 0 spiro atoms. The Balaban J connectivity index is 2.09. The first-order valence-electron chi connectivity index (χ1n) is 6.74. The van der Waals surface area contributed by atoms with Gasteiger partial charge in [-0.25, -0.2) is 0 Å². The van der Waals surface area contributed by atoms with Gasteiger partial charge < -0.3 is 0 Å². The SMILES string of the molecule is C[C@]12CC[C@H](C(=O)C1)[C@H](c1ccccc1)[C@H]2[N+](=O)[O-]. The highest BCUT2D eigenvalue weighted by atomic mass is 16.6. The zero-order chi connectivity index (χ0) is 13.6. The van der Waals surface area contributed by atoms with Gasteiger partial charge >= 0.3 is 0 Å². The number of benzene rings is 1. The average Bonchev–Trinajstić information content (AvgIpc) is 2.37. The number of hydrogen-bond donors (Lipinski definition) is 0. The lowest BCUT2D eigenvalue weighted by Crippen LogP contribution is -2.56. The molecule has 1 aromatic rings. The summed E-state index contributed by atoms with van der Waals surface area (Å²) in [5, 5.41) is 11.5. The van der Waals surface area contributed by atoms with Crippen LogP contribution < -0.4 is 0 Å². The number of nitrogens with zero attached hydrogens (tertiary/aromatic N) is 1. The van der Waals surface area contributed by atoms with Crippen molar-refractivity contribution in [2.45, 2.75) is 38.1 Å². The molecule has 0 radical (unpaired) electrons. The molecule has 3 saturated carbocycles. The Morgan fingerprint density at radius 2 is 2.00 bits per heavy atom. The van der Waals surface area contributed by atoms with E-state index in [0.29, 0.717) is 6.42 Å². The first-order chi connectivity index (χ1) is 9.03. The molecule has 1 aromatic carbocycles. The van der Waals surface area contributed by atoms with Crippen LogP contribution in [-0.2, 0) is 4.79 Å². The predicted octanol–water partition coefficient (Wildman–Crippen LogP) is 2.80. The maximum atomic E-state index is 12.2.